The molecule has 1 saturated heterocycles. The van der Waals surface area contributed by atoms with E-state index in [4.69, 9.17) is 28.4 Å². The van der Waals surface area contributed by atoms with Gasteiger partial charge in [0.05, 0.1) is 0 Å². The topological polar surface area (TPSA) is 141 Å². The molecule has 1 fully saturated rings. The zero-order valence-electron chi connectivity index (χ0n) is 20.0. The van der Waals surface area contributed by atoms with E-state index in [9.17, 15) is 24.0 Å². The number of rotatable bonds is 9. The van der Waals surface area contributed by atoms with Crippen molar-refractivity contribution in [2.75, 3.05) is 6.61 Å². The van der Waals surface area contributed by atoms with Crippen LogP contribution in [0.1, 0.15) is 40.2 Å². The van der Waals surface area contributed by atoms with Crippen molar-refractivity contribution in [2.24, 2.45) is 0 Å². The number of thioether (sulfide) groups is 1. The van der Waals surface area contributed by atoms with Crippen LogP contribution in [0.25, 0.3) is 0 Å². The van der Waals surface area contributed by atoms with E-state index >= 15 is 0 Å². The summed E-state index contributed by atoms with van der Waals surface area (Å²) in [6.07, 6.45) is -6.30. The van der Waals surface area contributed by atoms with E-state index < -0.39 is 54.6 Å². The van der Waals surface area contributed by atoms with E-state index in [2.05, 4.69) is 0 Å². The maximum Gasteiger partial charge on any atom is 0.303 e. The predicted molar refractivity (Wildman–Crippen MR) is 121 cm³/mol. The van der Waals surface area contributed by atoms with E-state index in [-0.39, 0.29) is 11.7 Å². The van der Waals surface area contributed by atoms with Gasteiger partial charge in [0.1, 0.15) is 18.5 Å². The molecule has 12 heteroatoms. The van der Waals surface area contributed by atoms with E-state index in [0.717, 1.165) is 38.1 Å². The lowest BCUT2D eigenvalue weighted by molar-refractivity contribution is -0.288. The SMILES string of the molecule is CC(=O)OC[C@H]1OC(Oc2ccc(CSC(C)=O)cc2)[C@H](OC(C)=O)[C@@H](OC(C)=O)[C@H]1OC(C)=O. The number of hydrogen-bond donors (Lipinski definition) is 0. The number of carbonyl (C=O) groups excluding carboxylic acids is 5. The molecule has 0 spiro atoms. The lowest BCUT2D eigenvalue weighted by atomic mass is 9.98. The highest BCUT2D eigenvalue weighted by atomic mass is 32.2. The fourth-order valence-electron chi connectivity index (χ4n) is 3.27. The maximum atomic E-state index is 11.9. The van der Waals surface area contributed by atoms with Crippen LogP contribution in [0.3, 0.4) is 0 Å². The molecule has 1 heterocycles. The van der Waals surface area contributed by atoms with Gasteiger partial charge in [-0.25, -0.2) is 0 Å². The van der Waals surface area contributed by atoms with Crippen LogP contribution in [0.2, 0.25) is 0 Å². The van der Waals surface area contributed by atoms with Gasteiger partial charge in [-0.3, -0.25) is 24.0 Å². The van der Waals surface area contributed by atoms with Gasteiger partial charge in [0.2, 0.25) is 12.4 Å². The molecule has 1 aliphatic rings. The first-order valence-corrected chi connectivity index (χ1v) is 11.6. The van der Waals surface area contributed by atoms with Gasteiger partial charge < -0.3 is 28.4 Å². The quantitative estimate of drug-likeness (QED) is 0.352. The normalized spacial score (nSPS) is 23.5. The maximum absolute atomic E-state index is 11.9. The van der Waals surface area contributed by atoms with Crippen LogP contribution in [0, 0.1) is 0 Å². The van der Waals surface area contributed by atoms with Gasteiger partial charge in [-0.1, -0.05) is 23.9 Å². The molecule has 1 unspecified atom stereocenters. The summed E-state index contributed by atoms with van der Waals surface area (Å²) < 4.78 is 32.9. The molecule has 35 heavy (non-hydrogen) atoms. The Morgan fingerprint density at radius 3 is 1.83 bits per heavy atom. The molecule has 0 saturated carbocycles. The summed E-state index contributed by atoms with van der Waals surface area (Å²) in [5, 5.41) is -0.0113. The second-order valence-electron chi connectivity index (χ2n) is 7.61. The lowest BCUT2D eigenvalue weighted by Crippen LogP contribution is -2.63. The number of benzene rings is 1. The zero-order valence-corrected chi connectivity index (χ0v) is 20.8. The lowest BCUT2D eigenvalue weighted by Gasteiger charge is -2.43. The molecule has 192 valence electrons. The van der Waals surface area contributed by atoms with Crippen molar-refractivity contribution in [3.05, 3.63) is 29.8 Å². The smallest absolute Gasteiger partial charge is 0.303 e. The number of ether oxygens (including phenoxy) is 6. The molecule has 1 aliphatic heterocycles. The summed E-state index contributed by atoms with van der Waals surface area (Å²) in [5.41, 5.74) is 0.874. The van der Waals surface area contributed by atoms with Crippen LogP contribution in [0.4, 0.5) is 0 Å². The van der Waals surface area contributed by atoms with Crippen LogP contribution in [-0.2, 0) is 53.4 Å². The molecule has 0 amide bonds. The van der Waals surface area contributed by atoms with Crippen molar-refractivity contribution in [3.8, 4) is 5.75 Å². The molecular formula is C23H28O11S. The van der Waals surface area contributed by atoms with Crippen LogP contribution >= 0.6 is 11.8 Å². The summed E-state index contributed by atoms with van der Waals surface area (Å²) in [7, 11) is 0. The molecule has 0 aliphatic carbocycles. The van der Waals surface area contributed by atoms with Crippen molar-refractivity contribution in [1.82, 2.24) is 0 Å². The van der Waals surface area contributed by atoms with Crippen molar-refractivity contribution in [3.63, 3.8) is 0 Å². The number of carbonyl (C=O) groups is 5. The third-order valence-corrected chi connectivity index (χ3v) is 5.45. The van der Waals surface area contributed by atoms with Crippen molar-refractivity contribution in [2.45, 2.75) is 71.1 Å². The highest BCUT2D eigenvalue weighted by Crippen LogP contribution is 2.31. The van der Waals surface area contributed by atoms with Gasteiger partial charge in [-0.15, -0.1) is 0 Å². The first kappa shape index (κ1) is 28.1. The van der Waals surface area contributed by atoms with Gasteiger partial charge in [0, 0.05) is 40.4 Å². The average molecular weight is 513 g/mol. The Balaban J connectivity index is 2.36. The van der Waals surface area contributed by atoms with Crippen LogP contribution in [0.5, 0.6) is 5.75 Å². The summed E-state index contributed by atoms with van der Waals surface area (Å²) in [6.45, 7) is 5.75. The van der Waals surface area contributed by atoms with E-state index in [1.807, 2.05) is 0 Å². The molecule has 1 aromatic rings. The van der Waals surface area contributed by atoms with E-state index in [1.54, 1.807) is 24.3 Å². The molecule has 0 N–H and O–H groups in total. The average Bonchev–Trinajstić information content (AvgIpc) is 2.75. The number of esters is 4. The van der Waals surface area contributed by atoms with Gasteiger partial charge in [-0.05, 0) is 17.7 Å². The Labute approximate surface area is 206 Å². The van der Waals surface area contributed by atoms with Gasteiger partial charge in [0.25, 0.3) is 0 Å². The van der Waals surface area contributed by atoms with Gasteiger partial charge in [-0.2, -0.15) is 0 Å². The molecular weight excluding hydrogens is 484 g/mol. The Kier molecular flexibility index (Phi) is 10.5. The Hall–Kier alpha value is -3.12. The molecule has 0 radical (unpaired) electrons. The minimum Gasteiger partial charge on any atom is -0.463 e. The highest BCUT2D eigenvalue weighted by Gasteiger charge is 2.53. The summed E-state index contributed by atoms with van der Waals surface area (Å²) >= 11 is 1.16. The second kappa shape index (κ2) is 13.1. The monoisotopic (exact) mass is 512 g/mol. The van der Waals surface area contributed by atoms with Crippen molar-refractivity contribution < 1.29 is 52.4 Å². The third kappa shape index (κ3) is 9.21. The standard InChI is InChI=1S/C23H28O11S/c1-12(24)29-10-19-20(30-13(2)25)21(31-14(3)26)22(32-15(4)27)23(34-19)33-18-8-6-17(7-9-18)11-35-16(5)28/h6-9,19-23H,10-11H2,1-5H3/t19-,20+,21+,22-,23?/m1/s1. The first-order valence-electron chi connectivity index (χ1n) is 10.7. The highest BCUT2D eigenvalue weighted by molar-refractivity contribution is 8.12. The third-order valence-electron chi connectivity index (χ3n) is 4.57. The predicted octanol–water partition coefficient (Wildman–Crippen LogP) is 1.93. The van der Waals surface area contributed by atoms with E-state index in [0.29, 0.717) is 11.5 Å². The number of hydrogen-bond acceptors (Lipinski definition) is 12. The molecule has 0 aromatic heterocycles. The van der Waals surface area contributed by atoms with Gasteiger partial charge in [0.15, 0.2) is 17.3 Å². The van der Waals surface area contributed by atoms with Crippen LogP contribution in [-0.4, -0.2) is 66.3 Å². The Morgan fingerprint density at radius 2 is 1.31 bits per heavy atom. The molecule has 5 atom stereocenters. The second-order valence-corrected chi connectivity index (χ2v) is 8.76. The fraction of sp³-hybridized carbons (Fsp3) is 0.522. The first-order chi connectivity index (χ1) is 16.5. The fourth-order valence-corrected chi connectivity index (χ4v) is 3.83. The van der Waals surface area contributed by atoms with Crippen LogP contribution in [0.15, 0.2) is 24.3 Å². The molecule has 1 aromatic carbocycles. The van der Waals surface area contributed by atoms with Crippen LogP contribution < -0.4 is 4.74 Å². The minimum atomic E-state index is -1.32. The van der Waals surface area contributed by atoms with Crippen molar-refractivity contribution in [1.29, 1.82) is 0 Å². The summed E-state index contributed by atoms with van der Waals surface area (Å²) in [4.78, 5) is 58.1. The Morgan fingerprint density at radius 1 is 0.771 bits per heavy atom. The Bertz CT molecular complexity index is 930. The summed E-state index contributed by atoms with van der Waals surface area (Å²) in [5.74, 6) is -1.98. The molecule has 0 bridgehead atoms. The van der Waals surface area contributed by atoms with Crippen molar-refractivity contribution >= 4 is 40.8 Å². The van der Waals surface area contributed by atoms with Gasteiger partial charge >= 0.3 is 23.9 Å². The largest absolute Gasteiger partial charge is 0.463 e. The zero-order chi connectivity index (χ0) is 26.1. The van der Waals surface area contributed by atoms with E-state index in [1.165, 1.54) is 13.8 Å². The minimum absolute atomic E-state index is 0.0113. The summed E-state index contributed by atoms with van der Waals surface area (Å²) in [6, 6.07) is 6.75. The molecule has 11 nitrogen and oxygen atoms in total. The molecule has 2 rings (SSSR count).